The summed E-state index contributed by atoms with van der Waals surface area (Å²) < 4.78 is 5.12. The summed E-state index contributed by atoms with van der Waals surface area (Å²) >= 11 is 7.32. The normalized spacial score (nSPS) is 17.1. The number of nitrogens with one attached hydrogen (secondary N) is 1. The number of ether oxygens (including phenoxy) is 1. The fourth-order valence-corrected chi connectivity index (χ4v) is 4.43. The van der Waals surface area contributed by atoms with Crippen LogP contribution in [0.4, 0.5) is 11.4 Å². The highest BCUT2D eigenvalue weighted by atomic mass is 35.5. The molecule has 2 aliphatic rings. The van der Waals surface area contributed by atoms with E-state index in [4.69, 9.17) is 16.3 Å². The summed E-state index contributed by atoms with van der Waals surface area (Å²) in [7, 11) is 1.53. The lowest BCUT2D eigenvalue weighted by Gasteiger charge is -2.25. The Labute approximate surface area is 189 Å². The molecule has 2 heterocycles. The Bertz CT molecular complexity index is 1120. The molecule has 2 amide bonds. The maximum atomic E-state index is 13.0. The molecule has 1 N–H and O–H groups in total. The van der Waals surface area contributed by atoms with Crippen LogP contribution < -0.4 is 10.1 Å². The Morgan fingerprint density at radius 2 is 2.06 bits per heavy atom. The molecule has 31 heavy (non-hydrogen) atoms. The second kappa shape index (κ2) is 8.72. The average molecular weight is 457 g/mol. The van der Waals surface area contributed by atoms with Crippen molar-refractivity contribution in [3.05, 3.63) is 53.1 Å². The molecule has 0 aromatic heterocycles. The van der Waals surface area contributed by atoms with E-state index in [1.54, 1.807) is 18.2 Å². The van der Waals surface area contributed by atoms with Gasteiger partial charge in [-0.2, -0.15) is 0 Å². The number of hydrogen-bond donors (Lipinski definition) is 1. The second-order valence-electron chi connectivity index (χ2n) is 7.41. The first-order valence-corrected chi connectivity index (χ1v) is 11.1. The zero-order chi connectivity index (χ0) is 22.1. The number of anilines is 1. The number of amides is 2. The van der Waals surface area contributed by atoms with Gasteiger partial charge in [-0.1, -0.05) is 49.3 Å². The fraction of sp³-hybridized carbons (Fsp3) is 0.273. The molecule has 1 atom stereocenters. The number of thioether (sulfide) groups is 1. The van der Waals surface area contributed by atoms with Crippen molar-refractivity contribution in [2.45, 2.75) is 19.9 Å². The Hall–Kier alpha value is -2.84. The molecule has 0 radical (unpaired) electrons. The minimum absolute atomic E-state index is 0.0622. The van der Waals surface area contributed by atoms with Gasteiger partial charge in [0.25, 0.3) is 5.91 Å². The SMILES string of the molecule is COc1ccc(NC(=O)CSC2=Nc3ccccc3C3=NC(C(C)C)C(=O)N23)cc1Cl. The van der Waals surface area contributed by atoms with Gasteiger partial charge in [-0.25, -0.2) is 9.89 Å². The number of halogens is 1. The van der Waals surface area contributed by atoms with Gasteiger partial charge in [0.1, 0.15) is 17.6 Å². The van der Waals surface area contributed by atoms with Gasteiger partial charge in [0.2, 0.25) is 5.91 Å². The predicted molar refractivity (Wildman–Crippen MR) is 125 cm³/mol. The van der Waals surface area contributed by atoms with Crippen LogP contribution >= 0.6 is 23.4 Å². The number of amidine groups is 2. The maximum absolute atomic E-state index is 13.0. The number of fused-ring (bicyclic) bond motifs is 3. The molecule has 2 aliphatic heterocycles. The molecule has 4 rings (SSSR count). The molecule has 9 heteroatoms. The number of aliphatic imine (C=N–C) groups is 2. The number of para-hydroxylation sites is 1. The quantitative estimate of drug-likeness (QED) is 0.725. The Balaban J connectivity index is 1.52. The van der Waals surface area contributed by atoms with E-state index >= 15 is 0 Å². The number of carbonyl (C=O) groups excluding carboxylic acids is 2. The molecule has 160 valence electrons. The first-order chi connectivity index (χ1) is 14.9. The average Bonchev–Trinajstić information content (AvgIpc) is 3.10. The van der Waals surface area contributed by atoms with Crippen molar-refractivity contribution in [3.63, 3.8) is 0 Å². The Kier molecular flexibility index (Phi) is 6.02. The number of rotatable bonds is 5. The van der Waals surface area contributed by atoms with Crippen molar-refractivity contribution in [2.75, 3.05) is 18.2 Å². The third kappa shape index (κ3) is 4.18. The third-order valence-electron chi connectivity index (χ3n) is 4.90. The van der Waals surface area contributed by atoms with Crippen molar-refractivity contribution in [2.24, 2.45) is 15.9 Å². The molecule has 7 nitrogen and oxygen atoms in total. The van der Waals surface area contributed by atoms with Gasteiger partial charge in [0, 0.05) is 11.3 Å². The molecule has 0 spiro atoms. The second-order valence-corrected chi connectivity index (χ2v) is 8.76. The van der Waals surface area contributed by atoms with E-state index in [9.17, 15) is 9.59 Å². The molecule has 0 bridgehead atoms. The lowest BCUT2D eigenvalue weighted by Crippen LogP contribution is -2.42. The van der Waals surface area contributed by atoms with Crippen LogP contribution in [0.5, 0.6) is 5.75 Å². The lowest BCUT2D eigenvalue weighted by molar-refractivity contribution is -0.125. The van der Waals surface area contributed by atoms with Crippen LogP contribution in [0, 0.1) is 5.92 Å². The summed E-state index contributed by atoms with van der Waals surface area (Å²) in [4.78, 5) is 36.4. The molecule has 0 saturated carbocycles. The first-order valence-electron chi connectivity index (χ1n) is 9.75. The van der Waals surface area contributed by atoms with Crippen LogP contribution in [0.15, 0.2) is 52.4 Å². The molecular formula is C22H21ClN4O3S. The summed E-state index contributed by atoms with van der Waals surface area (Å²) in [5.41, 5.74) is 2.12. The highest BCUT2D eigenvalue weighted by Crippen LogP contribution is 2.35. The zero-order valence-corrected chi connectivity index (χ0v) is 18.8. The van der Waals surface area contributed by atoms with Crippen LogP contribution in [0.25, 0.3) is 0 Å². The van der Waals surface area contributed by atoms with Gasteiger partial charge in [-0.15, -0.1) is 0 Å². The topological polar surface area (TPSA) is 83.4 Å². The first kappa shape index (κ1) is 21.4. The van der Waals surface area contributed by atoms with E-state index < -0.39 is 6.04 Å². The number of carbonyl (C=O) groups is 2. The number of methoxy groups -OCH3 is 1. The van der Waals surface area contributed by atoms with Crippen molar-refractivity contribution >= 4 is 57.6 Å². The van der Waals surface area contributed by atoms with E-state index in [1.807, 2.05) is 38.1 Å². The van der Waals surface area contributed by atoms with Crippen molar-refractivity contribution in [1.82, 2.24) is 4.90 Å². The molecular weight excluding hydrogens is 436 g/mol. The molecule has 0 saturated heterocycles. The predicted octanol–water partition coefficient (Wildman–Crippen LogP) is 4.34. The fourth-order valence-electron chi connectivity index (χ4n) is 3.37. The summed E-state index contributed by atoms with van der Waals surface area (Å²) in [6.45, 7) is 3.93. The summed E-state index contributed by atoms with van der Waals surface area (Å²) in [6.07, 6.45) is 0. The van der Waals surface area contributed by atoms with Crippen molar-refractivity contribution in [3.8, 4) is 5.75 Å². The monoisotopic (exact) mass is 456 g/mol. The lowest BCUT2D eigenvalue weighted by atomic mass is 10.1. The van der Waals surface area contributed by atoms with E-state index in [2.05, 4.69) is 15.3 Å². The van der Waals surface area contributed by atoms with Gasteiger partial charge in [-0.05, 0) is 36.2 Å². The van der Waals surface area contributed by atoms with Gasteiger partial charge >= 0.3 is 0 Å². The van der Waals surface area contributed by atoms with Crippen LogP contribution in [-0.2, 0) is 9.59 Å². The van der Waals surface area contributed by atoms with Crippen molar-refractivity contribution in [1.29, 1.82) is 0 Å². The van der Waals surface area contributed by atoms with Crippen LogP contribution in [-0.4, -0.2) is 46.6 Å². The third-order valence-corrected chi connectivity index (χ3v) is 6.13. The van der Waals surface area contributed by atoms with Gasteiger partial charge < -0.3 is 10.1 Å². The molecule has 2 aromatic rings. The summed E-state index contributed by atoms with van der Waals surface area (Å²) in [6, 6.07) is 12.1. The summed E-state index contributed by atoms with van der Waals surface area (Å²) in [5, 5.41) is 3.66. The smallest absolute Gasteiger partial charge is 0.259 e. The minimum atomic E-state index is -0.456. The van der Waals surface area contributed by atoms with Crippen LogP contribution in [0.2, 0.25) is 5.02 Å². The van der Waals surface area contributed by atoms with E-state index in [-0.39, 0.29) is 23.5 Å². The maximum Gasteiger partial charge on any atom is 0.259 e. The molecule has 1 unspecified atom stereocenters. The van der Waals surface area contributed by atoms with E-state index in [0.29, 0.717) is 27.5 Å². The molecule has 2 aromatic carbocycles. The number of nitrogens with zero attached hydrogens (tertiary/aromatic N) is 3. The minimum Gasteiger partial charge on any atom is -0.495 e. The number of benzene rings is 2. The molecule has 0 fully saturated rings. The van der Waals surface area contributed by atoms with Crippen LogP contribution in [0.1, 0.15) is 19.4 Å². The van der Waals surface area contributed by atoms with E-state index in [1.165, 1.54) is 23.8 Å². The summed E-state index contributed by atoms with van der Waals surface area (Å²) in [5.74, 6) is 0.912. The van der Waals surface area contributed by atoms with Gasteiger partial charge in [-0.3, -0.25) is 14.6 Å². The molecule has 0 aliphatic carbocycles. The number of hydrogen-bond acceptors (Lipinski definition) is 6. The van der Waals surface area contributed by atoms with Gasteiger partial charge in [0.05, 0.1) is 23.6 Å². The zero-order valence-electron chi connectivity index (χ0n) is 17.3. The highest BCUT2D eigenvalue weighted by molar-refractivity contribution is 8.14. The van der Waals surface area contributed by atoms with Crippen LogP contribution in [0.3, 0.4) is 0 Å². The van der Waals surface area contributed by atoms with Crippen molar-refractivity contribution < 1.29 is 14.3 Å². The van der Waals surface area contributed by atoms with Gasteiger partial charge in [0.15, 0.2) is 5.17 Å². The Morgan fingerprint density at radius 1 is 1.29 bits per heavy atom. The largest absolute Gasteiger partial charge is 0.495 e. The van der Waals surface area contributed by atoms with E-state index in [0.717, 1.165) is 11.3 Å². The highest BCUT2D eigenvalue weighted by Gasteiger charge is 2.42. The standard InChI is InChI=1S/C22H21ClN4O3S/c1-12(2)19-21(29)27-20(26-19)14-6-4-5-7-16(14)25-22(27)31-11-18(28)24-13-8-9-17(30-3)15(23)10-13/h4-10,12,19H,11H2,1-3H3,(H,24,28). The Morgan fingerprint density at radius 3 is 2.77 bits per heavy atom.